The second kappa shape index (κ2) is 3.57. The van der Waals surface area contributed by atoms with Crippen LogP contribution < -0.4 is 5.32 Å². The van der Waals surface area contributed by atoms with Gasteiger partial charge in [-0.25, -0.2) is 4.39 Å². The second-order valence-electron chi connectivity index (χ2n) is 2.29. The Hall–Kier alpha value is -1.36. The minimum absolute atomic E-state index is 0.00296. The van der Waals surface area contributed by atoms with Gasteiger partial charge in [0.2, 0.25) is 0 Å². The van der Waals surface area contributed by atoms with Gasteiger partial charge in [0, 0.05) is 13.1 Å². The van der Waals surface area contributed by atoms with E-state index in [1.54, 1.807) is 0 Å². The lowest BCUT2D eigenvalue weighted by Gasteiger charge is -2.03. The summed E-state index contributed by atoms with van der Waals surface area (Å²) in [6.07, 6.45) is 0. The van der Waals surface area contributed by atoms with Crippen LogP contribution in [0.25, 0.3) is 0 Å². The SMILES string of the molecule is CNc1c(F)cc(Cl)cc1[N+](=O)[O-]. The lowest BCUT2D eigenvalue weighted by atomic mass is 10.2. The van der Waals surface area contributed by atoms with Gasteiger partial charge in [0.25, 0.3) is 5.69 Å². The van der Waals surface area contributed by atoms with Crippen molar-refractivity contribution < 1.29 is 9.31 Å². The molecule has 0 aliphatic heterocycles. The maximum Gasteiger partial charge on any atom is 0.296 e. The second-order valence-corrected chi connectivity index (χ2v) is 2.73. The van der Waals surface area contributed by atoms with Gasteiger partial charge in [-0.3, -0.25) is 10.1 Å². The summed E-state index contributed by atoms with van der Waals surface area (Å²) >= 11 is 5.45. The third-order valence-electron chi connectivity index (χ3n) is 1.48. The van der Waals surface area contributed by atoms with Crippen LogP contribution in [0, 0.1) is 15.9 Å². The number of halogens is 2. The van der Waals surface area contributed by atoms with E-state index in [2.05, 4.69) is 5.32 Å². The van der Waals surface area contributed by atoms with Crippen molar-refractivity contribution in [3.63, 3.8) is 0 Å². The van der Waals surface area contributed by atoms with E-state index in [-0.39, 0.29) is 16.4 Å². The van der Waals surface area contributed by atoms with Crippen molar-refractivity contribution >= 4 is 23.0 Å². The van der Waals surface area contributed by atoms with Gasteiger partial charge in [0.05, 0.1) is 9.95 Å². The smallest absolute Gasteiger partial charge is 0.296 e. The summed E-state index contributed by atoms with van der Waals surface area (Å²) in [5, 5.41) is 12.8. The highest BCUT2D eigenvalue weighted by atomic mass is 35.5. The van der Waals surface area contributed by atoms with E-state index in [1.165, 1.54) is 7.05 Å². The van der Waals surface area contributed by atoms with E-state index >= 15 is 0 Å². The van der Waals surface area contributed by atoms with Gasteiger partial charge in [-0.15, -0.1) is 0 Å². The molecule has 0 aliphatic carbocycles. The molecule has 0 fully saturated rings. The first kappa shape index (κ1) is 9.73. The summed E-state index contributed by atoms with van der Waals surface area (Å²) in [6.45, 7) is 0. The summed E-state index contributed by atoms with van der Waals surface area (Å²) in [7, 11) is 1.40. The molecule has 1 aromatic carbocycles. The molecule has 0 aliphatic rings. The Morgan fingerprint density at radius 3 is 2.69 bits per heavy atom. The van der Waals surface area contributed by atoms with Crippen molar-refractivity contribution in [2.24, 2.45) is 0 Å². The van der Waals surface area contributed by atoms with Crippen molar-refractivity contribution in [2.45, 2.75) is 0 Å². The highest BCUT2D eigenvalue weighted by molar-refractivity contribution is 6.30. The standard InChI is InChI=1S/C7H6ClFN2O2/c1-10-7-5(9)2-4(8)3-6(7)11(12)13/h2-3,10H,1H3. The number of benzene rings is 1. The number of hydrogen-bond donors (Lipinski definition) is 1. The molecular formula is C7H6ClFN2O2. The van der Waals surface area contributed by atoms with Crippen LogP contribution in [0.2, 0.25) is 5.02 Å². The molecule has 70 valence electrons. The predicted octanol–water partition coefficient (Wildman–Crippen LogP) is 2.43. The van der Waals surface area contributed by atoms with Gasteiger partial charge in [0.15, 0.2) is 5.82 Å². The fourth-order valence-electron chi connectivity index (χ4n) is 0.951. The van der Waals surface area contributed by atoms with Crippen LogP contribution in [0.5, 0.6) is 0 Å². The van der Waals surface area contributed by atoms with Crippen LogP contribution in [0.4, 0.5) is 15.8 Å². The summed E-state index contributed by atoms with van der Waals surface area (Å²) in [6, 6.07) is 2.11. The zero-order valence-electron chi connectivity index (χ0n) is 6.67. The zero-order chi connectivity index (χ0) is 10.0. The van der Waals surface area contributed by atoms with Gasteiger partial charge in [-0.1, -0.05) is 11.6 Å². The molecule has 1 N–H and O–H groups in total. The Morgan fingerprint density at radius 1 is 1.62 bits per heavy atom. The van der Waals surface area contributed by atoms with Gasteiger partial charge in [-0.2, -0.15) is 0 Å². The lowest BCUT2D eigenvalue weighted by Crippen LogP contribution is -1.99. The van der Waals surface area contributed by atoms with E-state index in [4.69, 9.17) is 11.6 Å². The van der Waals surface area contributed by atoms with Crippen molar-refractivity contribution in [1.29, 1.82) is 0 Å². The van der Waals surface area contributed by atoms with E-state index in [9.17, 15) is 14.5 Å². The zero-order valence-corrected chi connectivity index (χ0v) is 7.43. The molecule has 0 heterocycles. The van der Waals surface area contributed by atoms with Crippen molar-refractivity contribution in [3.05, 3.63) is 33.1 Å². The maximum atomic E-state index is 13.0. The molecule has 1 aromatic rings. The maximum absolute atomic E-state index is 13.0. The van der Waals surface area contributed by atoms with Crippen molar-refractivity contribution in [3.8, 4) is 0 Å². The molecule has 0 unspecified atom stereocenters. The predicted molar refractivity (Wildman–Crippen MR) is 47.6 cm³/mol. The topological polar surface area (TPSA) is 55.2 Å². The third-order valence-corrected chi connectivity index (χ3v) is 1.70. The Bertz CT molecular complexity index is 357. The molecule has 4 nitrogen and oxygen atoms in total. The van der Waals surface area contributed by atoms with Crippen LogP contribution in [-0.2, 0) is 0 Å². The first-order valence-electron chi connectivity index (χ1n) is 3.37. The minimum Gasteiger partial charge on any atom is -0.380 e. The van der Waals surface area contributed by atoms with Gasteiger partial charge < -0.3 is 5.32 Å². The van der Waals surface area contributed by atoms with E-state index in [0.717, 1.165) is 12.1 Å². The molecule has 6 heteroatoms. The number of nitrogens with one attached hydrogen (secondary N) is 1. The average Bonchev–Trinajstić information content (AvgIpc) is 2.02. The largest absolute Gasteiger partial charge is 0.380 e. The number of hydrogen-bond acceptors (Lipinski definition) is 3. The highest BCUT2D eigenvalue weighted by Gasteiger charge is 2.18. The molecule has 0 saturated carbocycles. The lowest BCUT2D eigenvalue weighted by molar-refractivity contribution is -0.384. The Labute approximate surface area is 78.5 Å². The molecule has 0 amide bonds. The van der Waals surface area contributed by atoms with Crippen molar-refractivity contribution in [1.82, 2.24) is 0 Å². The molecule has 0 saturated heterocycles. The molecule has 1 rings (SSSR count). The van der Waals surface area contributed by atoms with Gasteiger partial charge in [0.1, 0.15) is 5.69 Å². The highest BCUT2D eigenvalue weighted by Crippen LogP contribution is 2.30. The molecular weight excluding hydrogens is 199 g/mol. The Balaban J connectivity index is 3.38. The molecule has 0 aromatic heterocycles. The van der Waals surface area contributed by atoms with Crippen LogP contribution in [0.3, 0.4) is 0 Å². The van der Waals surface area contributed by atoms with E-state index in [0.29, 0.717) is 0 Å². The molecule has 0 atom stereocenters. The Kier molecular flexibility index (Phi) is 2.67. The van der Waals surface area contributed by atoms with Gasteiger partial charge in [-0.05, 0) is 6.07 Å². The minimum atomic E-state index is -0.735. The number of nitro benzene ring substituents is 1. The Morgan fingerprint density at radius 2 is 2.23 bits per heavy atom. The molecule has 0 radical (unpaired) electrons. The molecule has 0 bridgehead atoms. The van der Waals surface area contributed by atoms with E-state index in [1.807, 2.05) is 0 Å². The molecule has 13 heavy (non-hydrogen) atoms. The van der Waals surface area contributed by atoms with Crippen LogP contribution in [0.1, 0.15) is 0 Å². The van der Waals surface area contributed by atoms with Crippen LogP contribution in [-0.4, -0.2) is 12.0 Å². The third kappa shape index (κ3) is 1.86. The van der Waals surface area contributed by atoms with Crippen LogP contribution >= 0.6 is 11.6 Å². The summed E-state index contributed by atoms with van der Waals surface area (Å²) in [5.41, 5.74) is -0.526. The fraction of sp³-hybridized carbons (Fsp3) is 0.143. The first-order valence-corrected chi connectivity index (χ1v) is 3.75. The number of nitrogens with zero attached hydrogens (tertiary/aromatic N) is 1. The molecule has 0 spiro atoms. The summed E-state index contributed by atoms with van der Waals surface area (Å²) in [4.78, 5) is 9.73. The number of rotatable bonds is 2. The summed E-state index contributed by atoms with van der Waals surface area (Å²) in [5.74, 6) is -0.735. The normalized spacial score (nSPS) is 9.77. The van der Waals surface area contributed by atoms with Crippen molar-refractivity contribution in [2.75, 3.05) is 12.4 Å². The monoisotopic (exact) mass is 204 g/mol. The average molecular weight is 205 g/mol. The first-order chi connectivity index (χ1) is 6.06. The fourth-order valence-corrected chi connectivity index (χ4v) is 1.15. The summed E-state index contributed by atoms with van der Waals surface area (Å²) < 4.78 is 13.0. The van der Waals surface area contributed by atoms with Crippen LogP contribution in [0.15, 0.2) is 12.1 Å². The van der Waals surface area contributed by atoms with E-state index < -0.39 is 10.7 Å². The van der Waals surface area contributed by atoms with Gasteiger partial charge >= 0.3 is 0 Å². The number of nitro groups is 1. The number of anilines is 1. The quantitative estimate of drug-likeness (QED) is 0.595.